The summed E-state index contributed by atoms with van der Waals surface area (Å²) in [7, 11) is 1.67. The van der Waals surface area contributed by atoms with Crippen LogP contribution in [0.3, 0.4) is 0 Å². The summed E-state index contributed by atoms with van der Waals surface area (Å²) in [6.45, 7) is 0.755. The van der Waals surface area contributed by atoms with Gasteiger partial charge in [-0.05, 0) is 25.5 Å². The zero-order valence-corrected chi connectivity index (χ0v) is 10.4. The molecule has 1 aliphatic rings. The molecular formula is C13H18N2O3. The molecule has 0 aliphatic carbocycles. The number of hydrogen-bond donors (Lipinski definition) is 2. The van der Waals surface area contributed by atoms with Gasteiger partial charge in [0.05, 0.1) is 0 Å². The molecule has 3 atom stereocenters. The Labute approximate surface area is 106 Å². The van der Waals surface area contributed by atoms with E-state index in [1.165, 1.54) is 0 Å². The van der Waals surface area contributed by atoms with E-state index in [-0.39, 0.29) is 6.23 Å². The fourth-order valence-corrected chi connectivity index (χ4v) is 1.96. The Bertz CT molecular complexity index is 396. The van der Waals surface area contributed by atoms with Crippen LogP contribution in [0.2, 0.25) is 0 Å². The van der Waals surface area contributed by atoms with Gasteiger partial charge in [0.25, 0.3) is 0 Å². The van der Waals surface area contributed by atoms with Crippen LogP contribution in [0.1, 0.15) is 24.6 Å². The van der Waals surface area contributed by atoms with Gasteiger partial charge in [0.1, 0.15) is 6.04 Å². The third-order valence-corrected chi connectivity index (χ3v) is 3.05. The Morgan fingerprint density at radius 2 is 2.22 bits per heavy atom. The molecule has 2 unspecified atom stereocenters. The average molecular weight is 250 g/mol. The van der Waals surface area contributed by atoms with E-state index in [1.807, 2.05) is 35.4 Å². The van der Waals surface area contributed by atoms with Gasteiger partial charge in [-0.2, -0.15) is 5.06 Å². The van der Waals surface area contributed by atoms with Crippen LogP contribution in [0.4, 0.5) is 0 Å². The summed E-state index contributed by atoms with van der Waals surface area (Å²) in [5.74, 6) is -0.802. The van der Waals surface area contributed by atoms with Crippen molar-refractivity contribution >= 4 is 5.97 Å². The molecule has 5 heteroatoms. The lowest BCUT2D eigenvalue weighted by molar-refractivity contribution is -0.139. The van der Waals surface area contributed by atoms with Crippen molar-refractivity contribution in [1.29, 1.82) is 0 Å². The molecule has 5 nitrogen and oxygen atoms in total. The van der Waals surface area contributed by atoms with E-state index in [0.717, 1.165) is 18.5 Å². The van der Waals surface area contributed by atoms with Crippen LogP contribution < -0.4 is 5.32 Å². The van der Waals surface area contributed by atoms with Gasteiger partial charge in [-0.3, -0.25) is 9.63 Å². The van der Waals surface area contributed by atoms with E-state index in [0.29, 0.717) is 6.42 Å². The largest absolute Gasteiger partial charge is 0.480 e. The number of nitrogens with zero attached hydrogens (tertiary/aromatic N) is 1. The number of carboxylic acid groups (broad SMARTS) is 1. The second-order valence-corrected chi connectivity index (χ2v) is 4.33. The fraction of sp³-hybridized carbons (Fsp3) is 0.462. The molecule has 0 aromatic heterocycles. The highest BCUT2D eigenvalue weighted by Crippen LogP contribution is 2.36. The maximum atomic E-state index is 10.8. The number of aliphatic carboxylic acids is 1. The molecule has 2 N–H and O–H groups in total. The Morgan fingerprint density at radius 3 is 2.83 bits per heavy atom. The van der Waals surface area contributed by atoms with E-state index < -0.39 is 12.0 Å². The summed E-state index contributed by atoms with van der Waals surface area (Å²) >= 11 is 0. The maximum absolute atomic E-state index is 10.8. The summed E-state index contributed by atoms with van der Waals surface area (Å²) in [4.78, 5) is 16.2. The van der Waals surface area contributed by atoms with Crippen molar-refractivity contribution in [2.24, 2.45) is 0 Å². The first-order valence-corrected chi connectivity index (χ1v) is 6.11. The van der Waals surface area contributed by atoms with Crippen LogP contribution in [-0.2, 0) is 9.63 Å². The zero-order valence-electron chi connectivity index (χ0n) is 10.4. The molecule has 1 heterocycles. The molecule has 98 valence electrons. The summed E-state index contributed by atoms with van der Waals surface area (Å²) in [6, 6.07) is 9.52. The lowest BCUT2D eigenvalue weighted by Gasteiger charge is -2.09. The predicted octanol–water partition coefficient (Wildman–Crippen LogP) is 1.39. The normalized spacial score (nSPS) is 23.6. The molecule has 0 radical (unpaired) electrons. The number of hydrogen-bond acceptors (Lipinski definition) is 4. The quantitative estimate of drug-likeness (QED) is 0.716. The number of hydroxylamine groups is 2. The molecule has 18 heavy (non-hydrogen) atoms. The second-order valence-electron chi connectivity index (χ2n) is 4.33. The molecule has 1 aromatic rings. The van der Waals surface area contributed by atoms with E-state index >= 15 is 0 Å². The minimum Gasteiger partial charge on any atom is -0.480 e. The molecule has 0 bridgehead atoms. The van der Waals surface area contributed by atoms with Crippen LogP contribution in [0, 0.1) is 0 Å². The van der Waals surface area contributed by atoms with Crippen LogP contribution in [0.25, 0.3) is 0 Å². The van der Waals surface area contributed by atoms with Gasteiger partial charge in [0.2, 0.25) is 0 Å². The minimum atomic E-state index is -0.802. The van der Waals surface area contributed by atoms with Gasteiger partial charge >= 0.3 is 5.97 Å². The lowest BCUT2D eigenvalue weighted by atomic mass is 10.1. The molecule has 1 aliphatic heterocycles. The third-order valence-electron chi connectivity index (χ3n) is 3.05. The Hall–Kier alpha value is -1.43. The Balaban J connectivity index is 1.70. The van der Waals surface area contributed by atoms with Gasteiger partial charge < -0.3 is 10.4 Å². The van der Waals surface area contributed by atoms with Gasteiger partial charge in [0, 0.05) is 6.54 Å². The van der Waals surface area contributed by atoms with Crippen molar-refractivity contribution in [2.45, 2.75) is 25.1 Å². The molecular weight excluding hydrogens is 232 g/mol. The molecule has 2 rings (SSSR count). The smallest absolute Gasteiger partial charge is 0.320 e. The van der Waals surface area contributed by atoms with E-state index in [4.69, 9.17) is 9.94 Å². The predicted molar refractivity (Wildman–Crippen MR) is 66.7 cm³/mol. The molecule has 1 saturated heterocycles. The topological polar surface area (TPSA) is 64.9 Å². The van der Waals surface area contributed by atoms with Gasteiger partial charge in [-0.15, -0.1) is 0 Å². The average Bonchev–Trinajstić information content (AvgIpc) is 3.15. The first-order chi connectivity index (χ1) is 8.72. The maximum Gasteiger partial charge on any atom is 0.320 e. The number of benzene rings is 1. The standard InChI is InChI=1S/C13H18N2O3/c1-14-11(13(16)17)8-5-9-15-12(18-15)10-6-3-2-4-7-10/h2-4,6-7,11-12,14H,5,8-9H2,1H3,(H,16,17)/t11-,12?,15?/m0/s1. The lowest BCUT2D eigenvalue weighted by Crippen LogP contribution is -2.34. The van der Waals surface area contributed by atoms with Crippen LogP contribution in [-0.4, -0.2) is 35.8 Å². The number of rotatable bonds is 7. The van der Waals surface area contributed by atoms with Crippen LogP contribution in [0.15, 0.2) is 30.3 Å². The van der Waals surface area contributed by atoms with E-state index in [1.54, 1.807) is 7.05 Å². The van der Waals surface area contributed by atoms with Gasteiger partial charge in [-0.25, -0.2) is 0 Å². The van der Waals surface area contributed by atoms with Gasteiger partial charge in [-0.1, -0.05) is 30.3 Å². The second kappa shape index (κ2) is 5.95. The summed E-state index contributed by atoms with van der Waals surface area (Å²) in [5, 5.41) is 13.5. The first-order valence-electron chi connectivity index (χ1n) is 6.11. The zero-order chi connectivity index (χ0) is 13.0. The highest BCUT2D eigenvalue weighted by Gasteiger charge is 2.37. The molecule has 1 fully saturated rings. The highest BCUT2D eigenvalue weighted by atomic mass is 16.8. The van der Waals surface area contributed by atoms with Crippen molar-refractivity contribution in [1.82, 2.24) is 10.4 Å². The van der Waals surface area contributed by atoms with Crippen LogP contribution in [0.5, 0.6) is 0 Å². The van der Waals surface area contributed by atoms with E-state index in [2.05, 4.69) is 5.32 Å². The fourth-order valence-electron chi connectivity index (χ4n) is 1.96. The number of carbonyl (C=O) groups is 1. The highest BCUT2D eigenvalue weighted by molar-refractivity contribution is 5.73. The van der Waals surface area contributed by atoms with Crippen molar-refractivity contribution < 1.29 is 14.7 Å². The monoisotopic (exact) mass is 250 g/mol. The summed E-state index contributed by atoms with van der Waals surface area (Å²) < 4.78 is 0. The summed E-state index contributed by atoms with van der Waals surface area (Å²) in [5.41, 5.74) is 1.14. The SMILES string of the molecule is CN[C@@H](CCCN1OC1c1ccccc1)C(=O)O. The first kappa shape index (κ1) is 13.0. The van der Waals surface area contributed by atoms with E-state index in [9.17, 15) is 4.79 Å². The molecule has 0 spiro atoms. The number of carboxylic acids is 1. The third kappa shape index (κ3) is 3.29. The summed E-state index contributed by atoms with van der Waals surface area (Å²) in [6.07, 6.45) is 1.44. The van der Waals surface area contributed by atoms with Crippen molar-refractivity contribution in [2.75, 3.05) is 13.6 Å². The molecule has 0 saturated carbocycles. The minimum absolute atomic E-state index is 0.0454. The number of nitrogens with one attached hydrogen (secondary N) is 1. The van der Waals surface area contributed by atoms with Crippen molar-refractivity contribution in [3.05, 3.63) is 35.9 Å². The molecule has 1 aromatic carbocycles. The Kier molecular flexibility index (Phi) is 4.30. The molecule has 0 amide bonds. The van der Waals surface area contributed by atoms with Crippen LogP contribution >= 0.6 is 0 Å². The van der Waals surface area contributed by atoms with Crippen molar-refractivity contribution in [3.63, 3.8) is 0 Å². The van der Waals surface area contributed by atoms with Gasteiger partial charge in [0.15, 0.2) is 6.23 Å². The van der Waals surface area contributed by atoms with Crippen molar-refractivity contribution in [3.8, 4) is 0 Å². The number of likely N-dealkylation sites (N-methyl/N-ethyl adjacent to an activating group) is 1. The Morgan fingerprint density at radius 1 is 1.50 bits per heavy atom.